The van der Waals surface area contributed by atoms with E-state index in [1.807, 2.05) is 4.68 Å². The second kappa shape index (κ2) is 6.63. The number of hydrogen-bond acceptors (Lipinski definition) is 2. The van der Waals surface area contributed by atoms with E-state index in [1.165, 1.54) is 16.7 Å². The largest absolute Gasteiger partial charge is 0.324 e. The lowest BCUT2D eigenvalue weighted by Crippen LogP contribution is -2.17. The molecule has 4 heteroatoms. The molecule has 1 aromatic heterocycles. The van der Waals surface area contributed by atoms with E-state index in [4.69, 9.17) is 17.3 Å². The third-order valence-electron chi connectivity index (χ3n) is 4.15. The van der Waals surface area contributed by atoms with Gasteiger partial charge in [-0.25, -0.2) is 0 Å². The van der Waals surface area contributed by atoms with Gasteiger partial charge in [-0.15, -0.1) is 0 Å². The van der Waals surface area contributed by atoms with Crippen molar-refractivity contribution in [2.75, 3.05) is 0 Å². The maximum Gasteiger partial charge on any atom is 0.0850 e. The molecule has 0 aliphatic carbocycles. The predicted octanol–water partition coefficient (Wildman–Crippen LogP) is 3.98. The highest BCUT2D eigenvalue weighted by Crippen LogP contribution is 2.27. The number of aromatic nitrogens is 2. The molecule has 114 valence electrons. The van der Waals surface area contributed by atoms with Gasteiger partial charge in [-0.05, 0) is 43.9 Å². The van der Waals surface area contributed by atoms with Crippen LogP contribution in [0, 0.1) is 13.8 Å². The summed E-state index contributed by atoms with van der Waals surface area (Å²) in [5, 5.41) is 5.34. The lowest BCUT2D eigenvalue weighted by atomic mass is 9.95. The minimum absolute atomic E-state index is 0.0610. The molecule has 0 spiro atoms. The van der Waals surface area contributed by atoms with Crippen molar-refractivity contribution in [3.8, 4) is 0 Å². The maximum absolute atomic E-state index is 6.47. The summed E-state index contributed by atoms with van der Waals surface area (Å²) in [6.45, 7) is 9.21. The molecule has 0 bridgehead atoms. The van der Waals surface area contributed by atoms with Gasteiger partial charge in [0.1, 0.15) is 0 Å². The van der Waals surface area contributed by atoms with Crippen molar-refractivity contribution >= 4 is 11.6 Å². The molecular weight excluding hydrogens is 282 g/mol. The third-order valence-corrected chi connectivity index (χ3v) is 4.59. The highest BCUT2D eigenvalue weighted by atomic mass is 35.5. The Labute approximate surface area is 132 Å². The molecular formula is C17H24ClN3. The molecule has 0 aliphatic rings. The van der Waals surface area contributed by atoms with E-state index in [0.29, 0.717) is 6.42 Å². The molecule has 1 atom stereocenters. The molecule has 0 saturated carbocycles. The molecule has 21 heavy (non-hydrogen) atoms. The second-order valence-corrected chi connectivity index (χ2v) is 5.85. The highest BCUT2D eigenvalue weighted by Gasteiger charge is 2.19. The van der Waals surface area contributed by atoms with Gasteiger partial charge < -0.3 is 5.73 Å². The van der Waals surface area contributed by atoms with E-state index in [-0.39, 0.29) is 6.04 Å². The molecule has 2 aromatic rings. The van der Waals surface area contributed by atoms with E-state index in [2.05, 4.69) is 51.0 Å². The fourth-order valence-corrected chi connectivity index (χ4v) is 3.05. The monoisotopic (exact) mass is 305 g/mol. The van der Waals surface area contributed by atoms with Crippen molar-refractivity contribution in [1.82, 2.24) is 9.78 Å². The van der Waals surface area contributed by atoms with Crippen LogP contribution in [0.25, 0.3) is 0 Å². The van der Waals surface area contributed by atoms with Crippen LogP contribution in [0.4, 0.5) is 0 Å². The Morgan fingerprint density at radius 3 is 2.62 bits per heavy atom. The summed E-state index contributed by atoms with van der Waals surface area (Å²) in [5.74, 6) is 0. The zero-order chi connectivity index (χ0) is 15.6. The number of hydrogen-bond donors (Lipinski definition) is 1. The van der Waals surface area contributed by atoms with E-state index >= 15 is 0 Å². The number of rotatable bonds is 5. The van der Waals surface area contributed by atoms with Crippen LogP contribution in [-0.4, -0.2) is 9.78 Å². The fraction of sp³-hybridized carbons (Fsp3) is 0.471. The van der Waals surface area contributed by atoms with Crippen molar-refractivity contribution in [2.24, 2.45) is 5.73 Å². The van der Waals surface area contributed by atoms with Gasteiger partial charge in [0.05, 0.1) is 16.4 Å². The highest BCUT2D eigenvalue weighted by molar-refractivity contribution is 6.31. The quantitative estimate of drug-likeness (QED) is 0.908. The van der Waals surface area contributed by atoms with Crippen molar-refractivity contribution in [3.63, 3.8) is 0 Å². The van der Waals surface area contributed by atoms with Crippen LogP contribution in [0.2, 0.25) is 5.02 Å². The van der Waals surface area contributed by atoms with Crippen LogP contribution >= 0.6 is 11.6 Å². The Morgan fingerprint density at radius 2 is 2.00 bits per heavy atom. The van der Waals surface area contributed by atoms with Crippen LogP contribution in [0.5, 0.6) is 0 Å². The van der Waals surface area contributed by atoms with Crippen molar-refractivity contribution in [1.29, 1.82) is 0 Å². The summed E-state index contributed by atoms with van der Waals surface area (Å²) in [6, 6.07) is 6.22. The van der Waals surface area contributed by atoms with Gasteiger partial charge in [0.2, 0.25) is 0 Å². The molecule has 0 aliphatic heterocycles. The molecule has 1 heterocycles. The average Bonchev–Trinajstić information content (AvgIpc) is 2.78. The van der Waals surface area contributed by atoms with Gasteiger partial charge >= 0.3 is 0 Å². The topological polar surface area (TPSA) is 43.8 Å². The molecule has 2 N–H and O–H groups in total. The standard InChI is InChI=1S/C17H24ClN3/c1-5-15-17(18)16(21(6-2)20-15)10-14(19)13-9-7-8-11(3)12(13)4/h7-9,14H,5-6,10,19H2,1-4H3. The summed E-state index contributed by atoms with van der Waals surface area (Å²) < 4.78 is 1.98. The first-order valence-electron chi connectivity index (χ1n) is 7.55. The third kappa shape index (κ3) is 3.14. The van der Waals surface area contributed by atoms with E-state index in [0.717, 1.165) is 29.4 Å². The first kappa shape index (κ1) is 16.1. The lowest BCUT2D eigenvalue weighted by molar-refractivity contribution is 0.584. The smallest absolute Gasteiger partial charge is 0.0850 e. The van der Waals surface area contributed by atoms with Crippen molar-refractivity contribution < 1.29 is 0 Å². The predicted molar refractivity (Wildman–Crippen MR) is 88.8 cm³/mol. The Balaban J connectivity index is 2.33. The van der Waals surface area contributed by atoms with Crippen molar-refractivity contribution in [2.45, 2.75) is 53.1 Å². The van der Waals surface area contributed by atoms with Gasteiger partial charge in [-0.1, -0.05) is 36.7 Å². The fourth-order valence-electron chi connectivity index (χ4n) is 2.71. The summed E-state index contributed by atoms with van der Waals surface area (Å²) in [5.41, 5.74) is 12.2. The summed E-state index contributed by atoms with van der Waals surface area (Å²) >= 11 is 6.47. The van der Waals surface area contributed by atoms with E-state index in [9.17, 15) is 0 Å². The second-order valence-electron chi connectivity index (χ2n) is 5.48. The minimum atomic E-state index is -0.0610. The summed E-state index contributed by atoms with van der Waals surface area (Å²) in [7, 11) is 0. The minimum Gasteiger partial charge on any atom is -0.324 e. The van der Waals surface area contributed by atoms with Gasteiger partial charge in [-0.2, -0.15) is 5.10 Å². The Bertz CT molecular complexity index is 631. The molecule has 1 aromatic carbocycles. The van der Waals surface area contributed by atoms with Gasteiger partial charge in [0.25, 0.3) is 0 Å². The number of nitrogens with zero attached hydrogens (tertiary/aromatic N) is 2. The molecule has 0 amide bonds. The van der Waals surface area contributed by atoms with Crippen LogP contribution in [0.3, 0.4) is 0 Å². The normalized spacial score (nSPS) is 12.7. The average molecular weight is 306 g/mol. The molecule has 2 rings (SSSR count). The van der Waals surface area contributed by atoms with Gasteiger partial charge in [0.15, 0.2) is 0 Å². The van der Waals surface area contributed by atoms with Gasteiger partial charge in [-0.3, -0.25) is 4.68 Å². The van der Waals surface area contributed by atoms with Crippen molar-refractivity contribution in [3.05, 3.63) is 51.3 Å². The van der Waals surface area contributed by atoms with Crippen LogP contribution in [0.15, 0.2) is 18.2 Å². The zero-order valence-electron chi connectivity index (χ0n) is 13.3. The maximum atomic E-state index is 6.47. The van der Waals surface area contributed by atoms with Gasteiger partial charge in [0, 0.05) is 19.0 Å². The Hall–Kier alpha value is -1.32. The molecule has 3 nitrogen and oxygen atoms in total. The molecule has 0 radical (unpaired) electrons. The van der Waals surface area contributed by atoms with E-state index in [1.54, 1.807) is 0 Å². The molecule has 0 fully saturated rings. The number of halogens is 1. The zero-order valence-corrected chi connectivity index (χ0v) is 14.0. The summed E-state index contributed by atoms with van der Waals surface area (Å²) in [4.78, 5) is 0. The lowest BCUT2D eigenvalue weighted by Gasteiger charge is -2.17. The Morgan fingerprint density at radius 1 is 1.29 bits per heavy atom. The van der Waals surface area contributed by atoms with E-state index < -0.39 is 0 Å². The SMILES string of the molecule is CCc1nn(CC)c(CC(N)c2cccc(C)c2C)c1Cl. The van der Waals surface area contributed by atoms with Crippen LogP contribution < -0.4 is 5.73 Å². The molecule has 1 unspecified atom stereocenters. The summed E-state index contributed by atoms with van der Waals surface area (Å²) in [6.07, 6.45) is 1.56. The number of aryl methyl sites for hydroxylation is 3. The van der Waals surface area contributed by atoms with Crippen LogP contribution in [0.1, 0.15) is 48.0 Å². The van der Waals surface area contributed by atoms with Crippen LogP contribution in [-0.2, 0) is 19.4 Å². The first-order valence-corrected chi connectivity index (χ1v) is 7.93. The number of benzene rings is 1. The molecule has 0 saturated heterocycles. The number of nitrogens with two attached hydrogens (primary N) is 1. The Kier molecular flexibility index (Phi) is 5.07. The first-order chi connectivity index (χ1) is 9.99.